The fourth-order valence-electron chi connectivity index (χ4n) is 1.84. The standard InChI is InChI=1S/C10H20N2O3/c1-11(2)4-5-12-7-8(13)6-9(12)10(14)15-3/h8-9,13H,4-7H2,1-3H3. The summed E-state index contributed by atoms with van der Waals surface area (Å²) in [6, 6.07) is -0.273. The first-order valence-electron chi connectivity index (χ1n) is 5.19. The topological polar surface area (TPSA) is 53.0 Å². The summed E-state index contributed by atoms with van der Waals surface area (Å²) in [4.78, 5) is 15.5. The molecule has 0 saturated carbocycles. The summed E-state index contributed by atoms with van der Waals surface area (Å²) < 4.78 is 4.71. The molecule has 1 rings (SSSR count). The zero-order valence-electron chi connectivity index (χ0n) is 9.64. The Labute approximate surface area is 90.6 Å². The average Bonchev–Trinajstić information content (AvgIpc) is 2.55. The SMILES string of the molecule is COC(=O)C1CC(O)CN1CCN(C)C. The predicted molar refractivity (Wildman–Crippen MR) is 56.6 cm³/mol. The molecule has 2 atom stereocenters. The molecule has 0 aromatic heterocycles. The number of esters is 1. The second kappa shape index (κ2) is 5.44. The van der Waals surface area contributed by atoms with Crippen molar-refractivity contribution in [3.05, 3.63) is 0 Å². The van der Waals surface area contributed by atoms with E-state index < -0.39 is 6.10 Å². The van der Waals surface area contributed by atoms with Crippen LogP contribution in [0.5, 0.6) is 0 Å². The Morgan fingerprint density at radius 2 is 2.27 bits per heavy atom. The fraction of sp³-hybridized carbons (Fsp3) is 0.900. The number of carbonyl (C=O) groups is 1. The van der Waals surface area contributed by atoms with Crippen molar-refractivity contribution >= 4 is 5.97 Å². The first-order valence-corrected chi connectivity index (χ1v) is 5.19. The molecule has 0 amide bonds. The van der Waals surface area contributed by atoms with E-state index >= 15 is 0 Å². The number of aliphatic hydroxyl groups excluding tert-OH is 1. The molecule has 0 aromatic carbocycles. The Kier molecular flexibility index (Phi) is 4.50. The van der Waals surface area contributed by atoms with Crippen molar-refractivity contribution in [1.29, 1.82) is 0 Å². The summed E-state index contributed by atoms with van der Waals surface area (Å²) in [5, 5.41) is 9.52. The third-order valence-electron chi connectivity index (χ3n) is 2.69. The van der Waals surface area contributed by atoms with E-state index in [4.69, 9.17) is 4.74 Å². The molecule has 88 valence electrons. The van der Waals surface area contributed by atoms with Gasteiger partial charge in [-0.15, -0.1) is 0 Å². The van der Waals surface area contributed by atoms with Crippen LogP contribution in [0.15, 0.2) is 0 Å². The van der Waals surface area contributed by atoms with Crippen LogP contribution in [0.4, 0.5) is 0 Å². The van der Waals surface area contributed by atoms with Gasteiger partial charge in [-0.1, -0.05) is 0 Å². The minimum atomic E-state index is -0.406. The Morgan fingerprint density at radius 3 is 2.80 bits per heavy atom. The number of carbonyl (C=O) groups excluding carboxylic acids is 1. The van der Waals surface area contributed by atoms with E-state index in [0.717, 1.165) is 13.1 Å². The van der Waals surface area contributed by atoms with E-state index in [1.54, 1.807) is 0 Å². The summed E-state index contributed by atoms with van der Waals surface area (Å²) in [7, 11) is 5.36. The highest BCUT2D eigenvalue weighted by Gasteiger charge is 2.36. The van der Waals surface area contributed by atoms with Crippen molar-refractivity contribution in [2.45, 2.75) is 18.6 Å². The monoisotopic (exact) mass is 216 g/mol. The van der Waals surface area contributed by atoms with E-state index in [-0.39, 0.29) is 12.0 Å². The van der Waals surface area contributed by atoms with Gasteiger partial charge in [-0.3, -0.25) is 9.69 Å². The number of likely N-dealkylation sites (N-methyl/N-ethyl adjacent to an activating group) is 1. The number of nitrogens with zero attached hydrogens (tertiary/aromatic N) is 2. The van der Waals surface area contributed by atoms with Crippen LogP contribution in [0.2, 0.25) is 0 Å². The summed E-state index contributed by atoms with van der Waals surface area (Å²) in [5.41, 5.74) is 0. The van der Waals surface area contributed by atoms with E-state index in [1.165, 1.54) is 7.11 Å². The third kappa shape index (κ3) is 3.44. The lowest BCUT2D eigenvalue weighted by Gasteiger charge is -2.23. The number of aliphatic hydroxyl groups is 1. The van der Waals surface area contributed by atoms with Crippen molar-refractivity contribution in [3.63, 3.8) is 0 Å². The molecule has 1 saturated heterocycles. The summed E-state index contributed by atoms with van der Waals surface area (Å²) >= 11 is 0. The highest BCUT2D eigenvalue weighted by Crippen LogP contribution is 2.18. The number of hydrogen-bond donors (Lipinski definition) is 1. The molecule has 5 heteroatoms. The molecule has 5 nitrogen and oxygen atoms in total. The second-order valence-electron chi connectivity index (χ2n) is 4.23. The molecule has 1 fully saturated rings. The van der Waals surface area contributed by atoms with Crippen LogP contribution in [0, 0.1) is 0 Å². The van der Waals surface area contributed by atoms with Gasteiger partial charge >= 0.3 is 5.97 Å². The fourth-order valence-corrected chi connectivity index (χ4v) is 1.84. The molecular weight excluding hydrogens is 196 g/mol. The van der Waals surface area contributed by atoms with Crippen LogP contribution >= 0.6 is 0 Å². The zero-order chi connectivity index (χ0) is 11.4. The number of β-amino-alcohol motifs (C(OH)–C–C–N with tert-alkyl or cyclic N) is 1. The van der Waals surface area contributed by atoms with Gasteiger partial charge in [0.05, 0.1) is 13.2 Å². The quantitative estimate of drug-likeness (QED) is 0.621. The maximum atomic E-state index is 11.4. The van der Waals surface area contributed by atoms with Crippen molar-refractivity contribution in [2.75, 3.05) is 40.8 Å². The number of ether oxygens (including phenoxy) is 1. The molecule has 1 N–H and O–H groups in total. The van der Waals surface area contributed by atoms with Gasteiger partial charge < -0.3 is 14.7 Å². The second-order valence-corrected chi connectivity index (χ2v) is 4.23. The highest BCUT2D eigenvalue weighted by atomic mass is 16.5. The maximum Gasteiger partial charge on any atom is 0.323 e. The van der Waals surface area contributed by atoms with Crippen molar-refractivity contribution in [3.8, 4) is 0 Å². The third-order valence-corrected chi connectivity index (χ3v) is 2.69. The Morgan fingerprint density at radius 1 is 1.60 bits per heavy atom. The van der Waals surface area contributed by atoms with Crippen molar-refractivity contribution < 1.29 is 14.6 Å². The lowest BCUT2D eigenvalue weighted by molar-refractivity contribution is -0.145. The van der Waals surface area contributed by atoms with Gasteiger partial charge in [0.15, 0.2) is 0 Å². The lowest BCUT2D eigenvalue weighted by atomic mass is 10.2. The summed E-state index contributed by atoms with van der Waals surface area (Å²) in [6.07, 6.45) is 0.0800. The largest absolute Gasteiger partial charge is 0.468 e. The van der Waals surface area contributed by atoms with Crippen LogP contribution in [0.1, 0.15) is 6.42 Å². The maximum absolute atomic E-state index is 11.4. The molecule has 1 aliphatic heterocycles. The number of methoxy groups -OCH3 is 1. The Balaban J connectivity index is 2.49. The Hall–Kier alpha value is -0.650. The summed E-state index contributed by atoms with van der Waals surface area (Å²) in [5.74, 6) is -0.245. The van der Waals surface area contributed by atoms with Gasteiger partial charge in [0.2, 0.25) is 0 Å². The lowest BCUT2D eigenvalue weighted by Crippen LogP contribution is -2.40. The van der Waals surface area contributed by atoms with Crippen LogP contribution in [-0.2, 0) is 9.53 Å². The van der Waals surface area contributed by atoms with Crippen LogP contribution in [0.3, 0.4) is 0 Å². The minimum Gasteiger partial charge on any atom is -0.468 e. The molecule has 0 bridgehead atoms. The number of rotatable bonds is 4. The normalized spacial score (nSPS) is 27.3. The van der Waals surface area contributed by atoms with Crippen molar-refractivity contribution in [1.82, 2.24) is 9.80 Å². The average molecular weight is 216 g/mol. The molecule has 2 unspecified atom stereocenters. The van der Waals surface area contributed by atoms with Gasteiger partial charge in [-0.25, -0.2) is 0 Å². The minimum absolute atomic E-state index is 0.245. The predicted octanol–water partition coefficient (Wildman–Crippen LogP) is -0.844. The van der Waals surface area contributed by atoms with Gasteiger partial charge in [0.1, 0.15) is 6.04 Å². The van der Waals surface area contributed by atoms with Crippen LogP contribution in [0.25, 0.3) is 0 Å². The Bertz CT molecular complexity index is 221. The number of hydrogen-bond acceptors (Lipinski definition) is 5. The summed E-state index contributed by atoms with van der Waals surface area (Å²) in [6.45, 7) is 2.22. The van der Waals surface area contributed by atoms with Crippen molar-refractivity contribution in [2.24, 2.45) is 0 Å². The van der Waals surface area contributed by atoms with Gasteiger partial charge in [0, 0.05) is 26.1 Å². The van der Waals surface area contributed by atoms with E-state index in [9.17, 15) is 9.90 Å². The molecule has 0 aromatic rings. The van der Waals surface area contributed by atoms with E-state index in [1.807, 2.05) is 19.0 Å². The molecule has 0 spiro atoms. The van der Waals surface area contributed by atoms with Crippen LogP contribution < -0.4 is 0 Å². The van der Waals surface area contributed by atoms with E-state index in [2.05, 4.69) is 4.90 Å². The van der Waals surface area contributed by atoms with Gasteiger partial charge in [-0.05, 0) is 14.1 Å². The van der Waals surface area contributed by atoms with E-state index in [0.29, 0.717) is 13.0 Å². The molecule has 0 aliphatic carbocycles. The molecular formula is C10H20N2O3. The molecule has 0 radical (unpaired) electrons. The highest BCUT2D eigenvalue weighted by molar-refractivity contribution is 5.76. The van der Waals surface area contributed by atoms with Gasteiger partial charge in [-0.2, -0.15) is 0 Å². The first kappa shape index (κ1) is 12.4. The number of likely N-dealkylation sites (tertiary alicyclic amines) is 1. The van der Waals surface area contributed by atoms with Gasteiger partial charge in [0.25, 0.3) is 0 Å². The molecule has 15 heavy (non-hydrogen) atoms. The molecule has 1 aliphatic rings. The first-order chi connectivity index (χ1) is 7.04. The molecule has 1 heterocycles. The smallest absolute Gasteiger partial charge is 0.323 e. The zero-order valence-corrected chi connectivity index (χ0v) is 9.64. The van der Waals surface area contributed by atoms with Crippen LogP contribution in [-0.4, -0.2) is 73.9 Å².